The van der Waals surface area contributed by atoms with Crippen molar-refractivity contribution in [3.8, 4) is 0 Å². The highest BCUT2D eigenvalue weighted by Gasteiger charge is 2.28. The molecule has 1 aliphatic carbocycles. The molecule has 1 amide bonds. The van der Waals surface area contributed by atoms with E-state index in [2.05, 4.69) is 31.0 Å². The predicted octanol–water partition coefficient (Wildman–Crippen LogP) is 3.17. The largest absolute Gasteiger partial charge is 0.405 e. The number of nitrogens with two attached hydrogens (primary N) is 1. The summed E-state index contributed by atoms with van der Waals surface area (Å²) in [5.41, 5.74) is 5.82. The summed E-state index contributed by atoms with van der Waals surface area (Å²) in [6, 6.07) is 2.87. The highest BCUT2D eigenvalue weighted by Crippen LogP contribution is 2.26. The molecule has 5 N–H and O–H groups in total. The monoisotopic (exact) mass is 466 g/mol. The third kappa shape index (κ3) is 5.48. The highest BCUT2D eigenvalue weighted by molar-refractivity contribution is 6.03. The molecule has 0 spiro atoms. The Morgan fingerprint density at radius 2 is 1.94 bits per heavy atom. The van der Waals surface area contributed by atoms with Crippen LogP contribution in [0.3, 0.4) is 0 Å². The van der Waals surface area contributed by atoms with Gasteiger partial charge in [-0.1, -0.05) is 0 Å². The Kier molecular flexibility index (Phi) is 6.31. The standard InChI is InChI=1S/C20H22F4N8O/c21-13-8-26-6-5-14(13)30-19(33)16-9-27-18-15(28-10-20(22,23)24)7-17(31-32(16)18)29-12-3-1-11(25)2-4-12/h5-9,11-12,28H,1-4,10,25H2,(H,29,31)(H,26,30,33)/t11-,12-. The van der Waals surface area contributed by atoms with E-state index >= 15 is 0 Å². The molecule has 3 aromatic rings. The van der Waals surface area contributed by atoms with Crippen molar-refractivity contribution < 1.29 is 22.4 Å². The molecule has 0 radical (unpaired) electrons. The molecule has 0 atom stereocenters. The third-order valence-corrected chi connectivity index (χ3v) is 5.32. The number of pyridine rings is 1. The molecule has 9 nitrogen and oxygen atoms in total. The number of rotatable bonds is 6. The molecule has 4 rings (SSSR count). The Hall–Kier alpha value is -3.48. The number of amides is 1. The summed E-state index contributed by atoms with van der Waals surface area (Å²) in [4.78, 5) is 20.5. The van der Waals surface area contributed by atoms with Crippen molar-refractivity contribution in [2.45, 2.75) is 43.9 Å². The number of aromatic nitrogens is 4. The molecule has 0 bridgehead atoms. The van der Waals surface area contributed by atoms with Crippen LogP contribution in [0, 0.1) is 5.82 Å². The Morgan fingerprint density at radius 3 is 2.64 bits per heavy atom. The van der Waals surface area contributed by atoms with Crippen LogP contribution in [0.15, 0.2) is 30.7 Å². The average Bonchev–Trinajstić information content (AvgIpc) is 3.19. The number of alkyl halides is 3. The van der Waals surface area contributed by atoms with Gasteiger partial charge in [0, 0.05) is 24.3 Å². The molecule has 3 heterocycles. The summed E-state index contributed by atoms with van der Waals surface area (Å²) < 4.78 is 53.5. The van der Waals surface area contributed by atoms with Gasteiger partial charge in [-0.15, -0.1) is 5.10 Å². The fourth-order valence-corrected chi connectivity index (χ4v) is 3.65. The Balaban J connectivity index is 1.66. The summed E-state index contributed by atoms with van der Waals surface area (Å²) in [5, 5.41) is 12.3. The fraction of sp³-hybridized carbons (Fsp3) is 0.400. The van der Waals surface area contributed by atoms with Gasteiger partial charge in [0.05, 0.1) is 23.8 Å². The number of hydrogen-bond acceptors (Lipinski definition) is 7. The normalized spacial score (nSPS) is 18.8. The van der Waals surface area contributed by atoms with E-state index in [1.165, 1.54) is 24.5 Å². The zero-order valence-electron chi connectivity index (χ0n) is 17.4. The van der Waals surface area contributed by atoms with Gasteiger partial charge in [-0.25, -0.2) is 13.9 Å². The fourth-order valence-electron chi connectivity index (χ4n) is 3.65. The first-order valence-electron chi connectivity index (χ1n) is 10.3. The van der Waals surface area contributed by atoms with Crippen LogP contribution in [0.1, 0.15) is 36.2 Å². The maximum Gasteiger partial charge on any atom is 0.405 e. The number of hydrogen-bond donors (Lipinski definition) is 4. The smallest absolute Gasteiger partial charge is 0.373 e. The summed E-state index contributed by atoms with van der Waals surface area (Å²) in [6.07, 6.45) is 2.15. The summed E-state index contributed by atoms with van der Waals surface area (Å²) >= 11 is 0. The SMILES string of the molecule is N[C@H]1CC[C@H](Nc2cc(NCC(F)(F)F)c3ncc(C(=O)Nc4ccncc4F)n3n2)CC1. The molecule has 0 saturated heterocycles. The molecule has 1 saturated carbocycles. The van der Waals surface area contributed by atoms with Gasteiger partial charge in [-0.2, -0.15) is 13.2 Å². The van der Waals surface area contributed by atoms with E-state index < -0.39 is 24.4 Å². The predicted molar refractivity (Wildman–Crippen MR) is 114 cm³/mol. The van der Waals surface area contributed by atoms with Crippen LogP contribution in [0.5, 0.6) is 0 Å². The van der Waals surface area contributed by atoms with Crippen molar-refractivity contribution >= 4 is 28.7 Å². The van der Waals surface area contributed by atoms with Crippen molar-refractivity contribution in [2.75, 3.05) is 22.5 Å². The topological polar surface area (TPSA) is 122 Å². The highest BCUT2D eigenvalue weighted by atomic mass is 19.4. The molecule has 0 aliphatic heterocycles. The lowest BCUT2D eigenvalue weighted by Crippen LogP contribution is -2.33. The van der Waals surface area contributed by atoms with E-state index in [0.29, 0.717) is 0 Å². The maximum atomic E-state index is 13.9. The Morgan fingerprint density at radius 1 is 1.18 bits per heavy atom. The van der Waals surface area contributed by atoms with Crippen LogP contribution in [0.4, 0.5) is 34.8 Å². The van der Waals surface area contributed by atoms with Crippen LogP contribution >= 0.6 is 0 Å². The van der Waals surface area contributed by atoms with E-state index in [1.54, 1.807) is 0 Å². The first-order chi connectivity index (χ1) is 15.7. The lowest BCUT2D eigenvalue weighted by Gasteiger charge is -2.27. The van der Waals surface area contributed by atoms with Gasteiger partial charge in [0.1, 0.15) is 12.4 Å². The van der Waals surface area contributed by atoms with Crippen LogP contribution in [0.25, 0.3) is 5.65 Å². The number of carbonyl (C=O) groups is 1. The number of halogens is 4. The quantitative estimate of drug-likeness (QED) is 0.412. The van der Waals surface area contributed by atoms with Gasteiger partial charge < -0.3 is 21.7 Å². The molecule has 0 aromatic carbocycles. The average molecular weight is 466 g/mol. The first kappa shape index (κ1) is 22.7. The molecule has 13 heteroatoms. The second kappa shape index (κ2) is 9.17. The summed E-state index contributed by atoms with van der Waals surface area (Å²) in [6.45, 7) is -1.29. The van der Waals surface area contributed by atoms with Crippen LogP contribution in [-0.4, -0.2) is 50.3 Å². The van der Waals surface area contributed by atoms with Gasteiger partial charge in [0.25, 0.3) is 5.91 Å². The molecule has 33 heavy (non-hydrogen) atoms. The van der Waals surface area contributed by atoms with Crippen molar-refractivity contribution in [1.29, 1.82) is 0 Å². The van der Waals surface area contributed by atoms with E-state index in [9.17, 15) is 22.4 Å². The van der Waals surface area contributed by atoms with E-state index in [-0.39, 0.29) is 40.6 Å². The minimum Gasteiger partial charge on any atom is -0.373 e. The number of fused-ring (bicyclic) bond motifs is 1. The van der Waals surface area contributed by atoms with E-state index in [4.69, 9.17) is 5.73 Å². The molecule has 1 aliphatic rings. The lowest BCUT2D eigenvalue weighted by molar-refractivity contribution is -0.115. The number of nitrogens with one attached hydrogen (secondary N) is 3. The summed E-state index contributed by atoms with van der Waals surface area (Å²) in [5.74, 6) is -1.20. The zero-order valence-corrected chi connectivity index (χ0v) is 17.4. The van der Waals surface area contributed by atoms with Crippen molar-refractivity contribution in [3.05, 3.63) is 42.2 Å². The minimum atomic E-state index is -4.46. The Bertz CT molecular complexity index is 1140. The van der Waals surface area contributed by atoms with Crippen molar-refractivity contribution in [3.63, 3.8) is 0 Å². The first-order valence-corrected chi connectivity index (χ1v) is 10.3. The van der Waals surface area contributed by atoms with E-state index in [1.807, 2.05) is 0 Å². The van der Waals surface area contributed by atoms with Crippen LogP contribution in [0.2, 0.25) is 0 Å². The van der Waals surface area contributed by atoms with Crippen molar-refractivity contribution in [2.24, 2.45) is 5.73 Å². The minimum absolute atomic E-state index is 0.0239. The molecule has 176 valence electrons. The van der Waals surface area contributed by atoms with Gasteiger partial charge in [0.15, 0.2) is 17.2 Å². The second-order valence-corrected chi connectivity index (χ2v) is 7.86. The maximum absolute atomic E-state index is 13.9. The molecule has 3 aromatic heterocycles. The van der Waals surface area contributed by atoms with Gasteiger partial charge in [-0.05, 0) is 31.7 Å². The Labute approximate surface area is 185 Å². The zero-order chi connectivity index (χ0) is 23.6. The van der Waals surface area contributed by atoms with Gasteiger partial charge >= 0.3 is 6.18 Å². The van der Waals surface area contributed by atoms with Gasteiger partial charge in [-0.3, -0.25) is 9.78 Å². The number of imidazole rings is 1. The van der Waals surface area contributed by atoms with Crippen LogP contribution < -0.4 is 21.7 Å². The van der Waals surface area contributed by atoms with Crippen molar-refractivity contribution in [1.82, 2.24) is 19.6 Å². The number of nitrogens with zero attached hydrogens (tertiary/aromatic N) is 4. The molecular weight excluding hydrogens is 444 g/mol. The number of carbonyl (C=O) groups excluding carboxylic acids is 1. The molecule has 0 unspecified atom stereocenters. The number of anilines is 3. The van der Waals surface area contributed by atoms with Gasteiger partial charge in [0.2, 0.25) is 0 Å². The molecule has 1 fully saturated rings. The summed E-state index contributed by atoms with van der Waals surface area (Å²) in [7, 11) is 0. The third-order valence-electron chi connectivity index (χ3n) is 5.32. The van der Waals surface area contributed by atoms with E-state index in [0.717, 1.165) is 36.4 Å². The second-order valence-electron chi connectivity index (χ2n) is 7.86. The lowest BCUT2D eigenvalue weighted by atomic mass is 9.92. The molecular formula is C20H22F4N8O. The van der Waals surface area contributed by atoms with Crippen LogP contribution in [-0.2, 0) is 0 Å².